The van der Waals surface area contributed by atoms with Gasteiger partial charge >= 0.3 is 0 Å². The van der Waals surface area contributed by atoms with Crippen LogP contribution < -0.4 is 5.32 Å². The van der Waals surface area contributed by atoms with Crippen molar-refractivity contribution >= 4 is 11.8 Å². The molecule has 1 aromatic heterocycles. The third kappa shape index (κ3) is 5.31. The summed E-state index contributed by atoms with van der Waals surface area (Å²) in [6, 6.07) is 17.5. The zero-order valence-corrected chi connectivity index (χ0v) is 19.3. The number of rotatable bonds is 7. The topological polar surface area (TPSA) is 70.5 Å². The van der Waals surface area contributed by atoms with E-state index in [1.54, 1.807) is 18.1 Å². The largest absolute Gasteiger partial charge is 0.357 e. The molecule has 1 N–H and O–H groups in total. The molecule has 0 aliphatic carbocycles. The number of piperazine rings is 1. The van der Waals surface area contributed by atoms with Gasteiger partial charge in [-0.15, -0.1) is 0 Å². The van der Waals surface area contributed by atoms with Crippen molar-refractivity contribution in [1.29, 1.82) is 0 Å². The summed E-state index contributed by atoms with van der Waals surface area (Å²) < 4.78 is 2.02. The van der Waals surface area contributed by atoms with Crippen molar-refractivity contribution in [2.24, 2.45) is 0 Å². The van der Waals surface area contributed by atoms with Crippen LogP contribution in [0.25, 0.3) is 0 Å². The van der Waals surface area contributed by atoms with E-state index in [1.807, 2.05) is 60.2 Å². The highest BCUT2D eigenvalue weighted by Gasteiger charge is 2.35. The van der Waals surface area contributed by atoms with Gasteiger partial charge in [-0.2, -0.15) is 0 Å². The first kappa shape index (κ1) is 22.7. The number of carbonyl (C=O) groups excluding carboxylic acids is 2. The Bertz CT molecular complexity index is 1090. The van der Waals surface area contributed by atoms with E-state index in [9.17, 15) is 9.59 Å². The summed E-state index contributed by atoms with van der Waals surface area (Å²) in [5, 5.41) is 2.75. The van der Waals surface area contributed by atoms with Crippen molar-refractivity contribution in [3.8, 4) is 0 Å². The fourth-order valence-corrected chi connectivity index (χ4v) is 4.38. The molecule has 0 spiro atoms. The lowest BCUT2D eigenvalue weighted by Gasteiger charge is -2.40. The predicted octanol–water partition coefficient (Wildman–Crippen LogP) is 2.35. The summed E-state index contributed by atoms with van der Waals surface area (Å²) in [6.07, 6.45) is 4.59. The number of hydrogen-bond donors (Lipinski definition) is 1. The van der Waals surface area contributed by atoms with E-state index in [4.69, 9.17) is 0 Å². The van der Waals surface area contributed by atoms with Crippen molar-refractivity contribution in [3.63, 3.8) is 0 Å². The van der Waals surface area contributed by atoms with E-state index in [1.165, 1.54) is 5.56 Å². The molecule has 7 nitrogen and oxygen atoms in total. The average Bonchev–Trinajstić information content (AvgIpc) is 3.26. The molecule has 0 saturated carbocycles. The van der Waals surface area contributed by atoms with Crippen LogP contribution >= 0.6 is 0 Å². The van der Waals surface area contributed by atoms with E-state index in [0.29, 0.717) is 25.2 Å². The fraction of sp³-hybridized carbons (Fsp3) is 0.346. The first-order valence-electron chi connectivity index (χ1n) is 11.4. The molecule has 1 fully saturated rings. The average molecular weight is 446 g/mol. The van der Waals surface area contributed by atoms with Gasteiger partial charge in [-0.05, 0) is 30.5 Å². The maximum absolute atomic E-state index is 13.7. The third-order valence-corrected chi connectivity index (χ3v) is 6.35. The number of likely N-dealkylation sites (N-methyl/N-ethyl adjacent to an activating group) is 1. The maximum atomic E-state index is 13.7. The van der Waals surface area contributed by atoms with E-state index < -0.39 is 6.04 Å². The van der Waals surface area contributed by atoms with Gasteiger partial charge < -0.3 is 14.8 Å². The number of amides is 2. The minimum atomic E-state index is -0.518. The molecule has 2 amide bonds. The Morgan fingerprint density at radius 3 is 2.55 bits per heavy atom. The van der Waals surface area contributed by atoms with E-state index in [0.717, 1.165) is 30.9 Å². The molecule has 1 aliphatic heterocycles. The highest BCUT2D eigenvalue weighted by molar-refractivity contribution is 5.99. The molecule has 33 heavy (non-hydrogen) atoms. The predicted molar refractivity (Wildman–Crippen MR) is 128 cm³/mol. The number of imidazole rings is 1. The van der Waals surface area contributed by atoms with Crippen LogP contribution in [0.4, 0.5) is 0 Å². The molecule has 1 aliphatic rings. The first-order chi connectivity index (χ1) is 16.1. The van der Waals surface area contributed by atoms with Gasteiger partial charge in [0.1, 0.15) is 11.9 Å². The first-order valence-corrected chi connectivity index (χ1v) is 11.4. The van der Waals surface area contributed by atoms with Gasteiger partial charge in [0, 0.05) is 57.7 Å². The fourth-order valence-electron chi connectivity index (χ4n) is 4.38. The van der Waals surface area contributed by atoms with Crippen molar-refractivity contribution in [2.75, 3.05) is 33.2 Å². The lowest BCUT2D eigenvalue weighted by molar-refractivity contribution is -0.127. The monoisotopic (exact) mass is 445 g/mol. The Balaban J connectivity index is 1.50. The summed E-state index contributed by atoms with van der Waals surface area (Å²) >= 11 is 0. The van der Waals surface area contributed by atoms with Crippen molar-refractivity contribution in [3.05, 3.63) is 89.5 Å². The molecular weight excluding hydrogens is 414 g/mol. The number of nitrogens with one attached hydrogen (secondary N) is 1. The van der Waals surface area contributed by atoms with Gasteiger partial charge in [-0.25, -0.2) is 4.98 Å². The third-order valence-electron chi connectivity index (χ3n) is 6.35. The molecule has 0 bridgehead atoms. The van der Waals surface area contributed by atoms with Gasteiger partial charge in [0.15, 0.2) is 0 Å². The van der Waals surface area contributed by atoms with Gasteiger partial charge in [-0.1, -0.05) is 48.5 Å². The molecular formula is C26H31N5O2. The highest BCUT2D eigenvalue weighted by atomic mass is 16.2. The molecule has 1 saturated heterocycles. The van der Waals surface area contributed by atoms with Gasteiger partial charge in [-0.3, -0.25) is 14.5 Å². The molecule has 1 atom stereocenters. The van der Waals surface area contributed by atoms with Crippen LogP contribution in [0.5, 0.6) is 0 Å². The van der Waals surface area contributed by atoms with Crippen LogP contribution in [0.2, 0.25) is 0 Å². The molecule has 2 aromatic carbocycles. The van der Waals surface area contributed by atoms with E-state index in [-0.39, 0.29) is 11.8 Å². The van der Waals surface area contributed by atoms with E-state index in [2.05, 4.69) is 27.3 Å². The van der Waals surface area contributed by atoms with Gasteiger partial charge in [0.25, 0.3) is 5.91 Å². The standard InChI is InChI=1S/C26H31N5O2/c1-20-28-13-15-30(20)18-22-10-6-7-11-23(22)26(33)31-17-16-29(19-24(31)25(32)27-2)14-12-21-8-4-3-5-9-21/h3-11,13,15,24H,12,14,16-19H2,1-2H3,(H,27,32)/t24-/m1/s1. The number of aromatic nitrogens is 2. The Labute approximate surface area is 195 Å². The van der Waals surface area contributed by atoms with Gasteiger partial charge in [0.2, 0.25) is 5.91 Å². The van der Waals surface area contributed by atoms with Crippen LogP contribution in [0.15, 0.2) is 67.0 Å². The number of carbonyl (C=O) groups is 2. The Kier molecular flexibility index (Phi) is 7.19. The second-order valence-electron chi connectivity index (χ2n) is 8.42. The summed E-state index contributed by atoms with van der Waals surface area (Å²) in [6.45, 7) is 5.16. The SMILES string of the molecule is CNC(=O)[C@H]1CN(CCc2ccccc2)CCN1C(=O)c1ccccc1Cn1ccnc1C. The van der Waals surface area contributed by atoms with Crippen LogP contribution in [-0.4, -0.2) is 70.4 Å². The quantitative estimate of drug-likeness (QED) is 0.606. The summed E-state index contributed by atoms with van der Waals surface area (Å²) in [4.78, 5) is 34.7. The molecule has 0 unspecified atom stereocenters. The lowest BCUT2D eigenvalue weighted by atomic mass is 10.0. The minimum Gasteiger partial charge on any atom is -0.357 e. The van der Waals surface area contributed by atoms with E-state index >= 15 is 0 Å². The smallest absolute Gasteiger partial charge is 0.254 e. The number of benzene rings is 2. The Morgan fingerprint density at radius 2 is 1.82 bits per heavy atom. The maximum Gasteiger partial charge on any atom is 0.254 e. The second-order valence-corrected chi connectivity index (χ2v) is 8.42. The normalized spacial score (nSPS) is 16.5. The lowest BCUT2D eigenvalue weighted by Crippen LogP contribution is -2.60. The molecule has 172 valence electrons. The summed E-state index contributed by atoms with van der Waals surface area (Å²) in [7, 11) is 1.63. The zero-order chi connectivity index (χ0) is 23.2. The Hall–Kier alpha value is -3.45. The number of hydrogen-bond acceptors (Lipinski definition) is 4. The number of nitrogens with zero attached hydrogens (tertiary/aromatic N) is 4. The highest BCUT2D eigenvalue weighted by Crippen LogP contribution is 2.19. The van der Waals surface area contributed by atoms with Crippen molar-refractivity contribution in [1.82, 2.24) is 24.7 Å². The summed E-state index contributed by atoms with van der Waals surface area (Å²) in [5.74, 6) is 0.669. The van der Waals surface area contributed by atoms with Gasteiger partial charge in [0.05, 0.1) is 0 Å². The molecule has 4 rings (SSSR count). The number of aryl methyl sites for hydroxylation is 1. The minimum absolute atomic E-state index is 0.0975. The zero-order valence-electron chi connectivity index (χ0n) is 19.3. The van der Waals surface area contributed by atoms with Crippen LogP contribution in [0.1, 0.15) is 27.3 Å². The van der Waals surface area contributed by atoms with Crippen LogP contribution in [0, 0.1) is 6.92 Å². The Morgan fingerprint density at radius 1 is 1.06 bits per heavy atom. The van der Waals surface area contributed by atoms with Crippen LogP contribution in [-0.2, 0) is 17.8 Å². The second kappa shape index (κ2) is 10.4. The van der Waals surface area contributed by atoms with Crippen molar-refractivity contribution in [2.45, 2.75) is 25.9 Å². The van der Waals surface area contributed by atoms with Crippen molar-refractivity contribution < 1.29 is 9.59 Å². The molecule has 0 radical (unpaired) electrons. The molecule has 2 heterocycles. The molecule has 3 aromatic rings. The molecule has 7 heteroatoms. The summed E-state index contributed by atoms with van der Waals surface area (Å²) in [5.41, 5.74) is 2.83. The van der Waals surface area contributed by atoms with Crippen LogP contribution in [0.3, 0.4) is 0 Å².